The van der Waals surface area contributed by atoms with Crippen molar-refractivity contribution in [1.82, 2.24) is 9.80 Å². The van der Waals surface area contributed by atoms with Gasteiger partial charge in [0.05, 0.1) is 12.0 Å². The van der Waals surface area contributed by atoms with Gasteiger partial charge in [-0.1, -0.05) is 24.3 Å². The molecule has 1 aromatic carbocycles. The van der Waals surface area contributed by atoms with E-state index in [9.17, 15) is 19.8 Å². The molecule has 0 aliphatic carbocycles. The third-order valence-electron chi connectivity index (χ3n) is 3.74. The molecule has 1 atom stereocenters. The topological polar surface area (TPSA) is 86.7 Å². The third-order valence-corrected chi connectivity index (χ3v) is 4.29. The summed E-state index contributed by atoms with van der Waals surface area (Å²) < 4.78 is 0. The second-order valence-electron chi connectivity index (χ2n) is 5.26. The number of rotatable bonds is 4. The quantitative estimate of drug-likeness (QED) is 0.460. The number of carboxylic acid groups (broad SMARTS) is 2. The van der Waals surface area contributed by atoms with Gasteiger partial charge < -0.3 is 29.6 Å². The Kier molecular flexibility index (Phi) is 7.73. The average molecular weight is 360 g/mol. The first kappa shape index (κ1) is 20.2. The first-order valence-corrected chi connectivity index (χ1v) is 7.30. The van der Waals surface area contributed by atoms with E-state index in [-0.39, 0.29) is 50.7 Å². The van der Waals surface area contributed by atoms with E-state index in [0.717, 1.165) is 11.1 Å². The van der Waals surface area contributed by atoms with Gasteiger partial charge in [0.2, 0.25) is 0 Å². The predicted molar refractivity (Wildman–Crippen MR) is 85.1 cm³/mol. The van der Waals surface area contributed by atoms with Crippen molar-refractivity contribution in [2.24, 2.45) is 0 Å². The van der Waals surface area contributed by atoms with Crippen LogP contribution in [-0.2, 0) is 22.6 Å². The van der Waals surface area contributed by atoms with Crippen LogP contribution in [0.4, 0.5) is 0 Å². The zero-order valence-corrected chi connectivity index (χ0v) is 15.9. The van der Waals surface area contributed by atoms with Crippen molar-refractivity contribution in [2.45, 2.75) is 25.4 Å². The molecule has 0 radical (unpaired) electrons. The minimum Gasteiger partial charge on any atom is -0.550 e. The monoisotopic (exact) mass is 360 g/mol. The molecule has 1 aliphatic heterocycles. The second-order valence-corrected chi connectivity index (χ2v) is 5.63. The van der Waals surface area contributed by atoms with Gasteiger partial charge in [-0.25, -0.2) is 0 Å². The minimum absolute atomic E-state index is 0. The van der Waals surface area contributed by atoms with Crippen molar-refractivity contribution in [3.05, 3.63) is 35.4 Å². The summed E-state index contributed by atoms with van der Waals surface area (Å²) in [4.78, 5) is 25.1. The first-order chi connectivity index (χ1) is 10.4. The van der Waals surface area contributed by atoms with E-state index in [2.05, 4.69) is 0 Å². The fraction of sp³-hybridized carbons (Fsp3) is 0.400. The largest absolute Gasteiger partial charge is 2.00 e. The Morgan fingerprint density at radius 2 is 1.91 bits per heavy atom. The molecule has 6 nitrogen and oxygen atoms in total. The van der Waals surface area contributed by atoms with Crippen LogP contribution in [0.3, 0.4) is 0 Å². The van der Waals surface area contributed by atoms with Crippen molar-refractivity contribution >= 4 is 67.0 Å². The van der Waals surface area contributed by atoms with Crippen LogP contribution >= 0.6 is 12.2 Å². The van der Waals surface area contributed by atoms with Crippen molar-refractivity contribution in [3.8, 4) is 0 Å². The maximum Gasteiger partial charge on any atom is 2.00 e. The van der Waals surface area contributed by atoms with E-state index >= 15 is 0 Å². The van der Waals surface area contributed by atoms with Crippen molar-refractivity contribution in [1.29, 1.82) is 0 Å². The van der Waals surface area contributed by atoms with Crippen molar-refractivity contribution in [3.63, 3.8) is 0 Å². The molecule has 0 unspecified atom stereocenters. The summed E-state index contributed by atoms with van der Waals surface area (Å²) in [7, 11) is 1.64. The summed E-state index contributed by atoms with van der Waals surface area (Å²) in [6.45, 7) is 0.530. The summed E-state index contributed by atoms with van der Waals surface area (Å²) in [6, 6.07) is 6.72. The molecule has 0 amide bonds. The fourth-order valence-electron chi connectivity index (χ4n) is 2.51. The third kappa shape index (κ3) is 5.04. The molecule has 1 aliphatic rings. The van der Waals surface area contributed by atoms with Crippen LogP contribution < -0.4 is 10.2 Å². The van der Waals surface area contributed by atoms with Gasteiger partial charge in [-0.3, -0.25) is 0 Å². The molecule has 0 spiro atoms. The van der Waals surface area contributed by atoms with Gasteiger partial charge in [-0.05, 0) is 29.8 Å². The Morgan fingerprint density at radius 1 is 1.30 bits per heavy atom. The Bertz CT molecular complexity index is 611. The molecule has 118 valence electrons. The molecule has 8 heteroatoms. The number of hydrogen-bond donors (Lipinski definition) is 0. The van der Waals surface area contributed by atoms with Crippen LogP contribution in [0.1, 0.15) is 17.5 Å². The van der Waals surface area contributed by atoms with E-state index in [4.69, 9.17) is 12.2 Å². The second kappa shape index (κ2) is 8.82. The number of hydrogen-bond acceptors (Lipinski definition) is 5. The SMILES string of the molecule is CN(CCC(=O)[O-])C(=S)N1Cc2ccccc2C[C@H]1C(=O)[O-].[Ca+2]. The Balaban J connectivity index is 0.00000264. The number of carboxylic acids is 2. The van der Waals surface area contributed by atoms with Crippen LogP contribution in [-0.4, -0.2) is 84.2 Å². The van der Waals surface area contributed by atoms with Gasteiger partial charge in [0.1, 0.15) is 0 Å². The number of carbonyl (C=O) groups excluding carboxylic acids is 2. The minimum atomic E-state index is -1.19. The Morgan fingerprint density at radius 3 is 2.48 bits per heavy atom. The van der Waals surface area contributed by atoms with Gasteiger partial charge in [-0.15, -0.1) is 0 Å². The molecule has 0 saturated carbocycles. The van der Waals surface area contributed by atoms with Gasteiger partial charge in [-0.2, -0.15) is 0 Å². The van der Waals surface area contributed by atoms with Crippen molar-refractivity contribution in [2.75, 3.05) is 13.6 Å². The predicted octanol–water partition coefficient (Wildman–Crippen LogP) is -1.86. The Hall–Kier alpha value is -0.890. The van der Waals surface area contributed by atoms with Gasteiger partial charge in [0, 0.05) is 32.5 Å². The molecule has 23 heavy (non-hydrogen) atoms. The molecule has 2 rings (SSSR count). The zero-order chi connectivity index (χ0) is 16.3. The van der Waals surface area contributed by atoms with Gasteiger partial charge >= 0.3 is 37.7 Å². The molecule has 0 bridgehead atoms. The van der Waals surface area contributed by atoms with E-state index in [1.807, 2.05) is 24.3 Å². The van der Waals surface area contributed by atoms with Crippen molar-refractivity contribution < 1.29 is 19.8 Å². The van der Waals surface area contributed by atoms with Crippen LogP contribution in [0.15, 0.2) is 24.3 Å². The number of benzene rings is 1. The molecular weight excluding hydrogens is 344 g/mol. The first-order valence-electron chi connectivity index (χ1n) is 6.89. The summed E-state index contributed by atoms with van der Waals surface area (Å²) in [5.41, 5.74) is 1.98. The average Bonchev–Trinajstić information content (AvgIpc) is 2.50. The zero-order valence-electron chi connectivity index (χ0n) is 12.9. The molecule has 0 saturated heterocycles. The number of carbonyl (C=O) groups is 2. The van der Waals surface area contributed by atoms with Crippen LogP contribution in [0.5, 0.6) is 0 Å². The summed E-state index contributed by atoms with van der Waals surface area (Å²) >= 11 is 5.32. The van der Waals surface area contributed by atoms with E-state index in [1.54, 1.807) is 16.8 Å². The van der Waals surface area contributed by atoms with Gasteiger partial charge in [0.25, 0.3) is 0 Å². The molecule has 0 N–H and O–H groups in total. The van der Waals surface area contributed by atoms with Gasteiger partial charge in [0.15, 0.2) is 5.11 Å². The van der Waals surface area contributed by atoms with E-state index in [0.29, 0.717) is 18.1 Å². The molecule has 1 aromatic rings. The normalized spacial score (nSPS) is 16.0. The smallest absolute Gasteiger partial charge is 0.550 e. The maximum atomic E-state index is 11.4. The summed E-state index contributed by atoms with van der Waals surface area (Å²) in [6.07, 6.45) is 0.143. The van der Waals surface area contributed by atoms with Crippen LogP contribution in [0, 0.1) is 0 Å². The van der Waals surface area contributed by atoms with Crippen LogP contribution in [0.25, 0.3) is 0 Å². The van der Waals surface area contributed by atoms with Crippen LogP contribution in [0.2, 0.25) is 0 Å². The molecule has 1 heterocycles. The Labute approximate surface area is 170 Å². The molecule has 0 fully saturated rings. The molecular formula is C15H16CaN2O4S. The number of nitrogens with zero attached hydrogens (tertiary/aromatic N) is 2. The summed E-state index contributed by atoms with van der Waals surface area (Å²) in [5.74, 6) is -2.36. The van der Waals surface area contributed by atoms with E-state index < -0.39 is 18.0 Å². The number of thiocarbonyl (C=S) groups is 1. The summed E-state index contributed by atoms with van der Waals surface area (Å²) in [5, 5.41) is 22.3. The van der Waals surface area contributed by atoms with E-state index in [1.165, 1.54) is 0 Å². The maximum absolute atomic E-state index is 11.4. The number of fused-ring (bicyclic) bond motifs is 1. The number of aliphatic carboxylic acids is 2. The molecule has 0 aromatic heterocycles. The standard InChI is InChI=1S/C15H18N2O4S.Ca/c1-16(7-6-13(18)19)15(22)17-9-11-5-3-2-4-10(11)8-12(17)14(20)21;/h2-5,12H,6-9H2,1H3,(H,18,19)(H,20,21);/q;+2/p-2/t12-;/m0./s1. The fourth-order valence-corrected chi connectivity index (χ4v) is 2.79.